The van der Waals surface area contributed by atoms with E-state index in [4.69, 9.17) is 4.74 Å². The molecule has 2 amide bonds. The minimum absolute atomic E-state index is 0.00775. The van der Waals surface area contributed by atoms with E-state index in [1.807, 2.05) is 12.1 Å². The van der Waals surface area contributed by atoms with E-state index in [-0.39, 0.29) is 23.7 Å². The molecule has 0 bridgehead atoms. The van der Waals surface area contributed by atoms with Crippen LogP contribution in [0.1, 0.15) is 31.2 Å². The van der Waals surface area contributed by atoms with Crippen molar-refractivity contribution in [2.24, 2.45) is 0 Å². The summed E-state index contributed by atoms with van der Waals surface area (Å²) in [6.07, 6.45) is 3.33. The van der Waals surface area contributed by atoms with Gasteiger partial charge in [0, 0.05) is 12.0 Å². The first-order chi connectivity index (χ1) is 11.1. The Morgan fingerprint density at radius 2 is 2.04 bits per heavy atom. The summed E-state index contributed by atoms with van der Waals surface area (Å²) < 4.78 is 19.0. The Balaban J connectivity index is 1.65. The van der Waals surface area contributed by atoms with Gasteiger partial charge in [0.2, 0.25) is 5.91 Å². The largest absolute Gasteiger partial charge is 0.448 e. The Bertz CT molecular complexity index is 599. The van der Waals surface area contributed by atoms with Crippen molar-refractivity contribution in [3.63, 3.8) is 0 Å². The number of hydrogen-bond donors (Lipinski definition) is 1. The van der Waals surface area contributed by atoms with Gasteiger partial charge in [-0.05, 0) is 24.5 Å². The summed E-state index contributed by atoms with van der Waals surface area (Å²) in [6, 6.07) is 6.79. The Kier molecular flexibility index (Phi) is 4.50. The second-order valence-electron chi connectivity index (χ2n) is 6.28. The number of ether oxygens (including phenoxy) is 1. The fourth-order valence-electron chi connectivity index (χ4n) is 3.55. The van der Waals surface area contributed by atoms with Crippen LogP contribution in [0.5, 0.6) is 0 Å². The Hall–Kier alpha value is -2.11. The van der Waals surface area contributed by atoms with Gasteiger partial charge in [-0.15, -0.1) is 0 Å². The van der Waals surface area contributed by atoms with Crippen molar-refractivity contribution < 1.29 is 18.7 Å². The molecule has 1 aliphatic carbocycles. The van der Waals surface area contributed by atoms with Crippen LogP contribution in [0.15, 0.2) is 24.3 Å². The molecule has 124 valence electrons. The number of benzene rings is 1. The molecule has 0 aromatic heterocycles. The lowest BCUT2D eigenvalue weighted by molar-refractivity contribution is -0.121. The van der Waals surface area contributed by atoms with E-state index in [1.54, 1.807) is 6.07 Å². The lowest BCUT2D eigenvalue weighted by Gasteiger charge is -2.30. The molecule has 0 spiro atoms. The summed E-state index contributed by atoms with van der Waals surface area (Å²) in [4.78, 5) is 24.9. The highest BCUT2D eigenvalue weighted by Gasteiger charge is 2.38. The van der Waals surface area contributed by atoms with E-state index >= 15 is 0 Å². The summed E-state index contributed by atoms with van der Waals surface area (Å²) >= 11 is 0. The first kappa shape index (κ1) is 15.8. The van der Waals surface area contributed by atoms with E-state index in [1.165, 1.54) is 11.0 Å². The van der Waals surface area contributed by atoms with E-state index in [0.29, 0.717) is 25.3 Å². The number of nitrogens with one attached hydrogen (secondary N) is 1. The van der Waals surface area contributed by atoms with Gasteiger partial charge in [-0.2, -0.15) is 0 Å². The van der Waals surface area contributed by atoms with Crippen molar-refractivity contribution in [1.29, 1.82) is 0 Å². The molecule has 1 saturated carbocycles. The van der Waals surface area contributed by atoms with Gasteiger partial charge in [-0.3, -0.25) is 9.69 Å². The number of hydrogen-bond acceptors (Lipinski definition) is 3. The van der Waals surface area contributed by atoms with E-state index in [2.05, 4.69) is 5.32 Å². The van der Waals surface area contributed by atoms with Crippen molar-refractivity contribution >= 4 is 12.0 Å². The standard InChI is InChI=1S/C17H21FN2O3/c18-14-6-2-1-5-13(14)17(7-3-4-8-17)12-19-15(21)11-20-9-10-23-16(20)22/h1-2,5-6H,3-4,7-12H2,(H,19,21). The van der Waals surface area contributed by atoms with E-state index in [0.717, 1.165) is 25.7 Å². The molecular weight excluding hydrogens is 299 g/mol. The van der Waals surface area contributed by atoms with E-state index < -0.39 is 6.09 Å². The van der Waals surface area contributed by atoms with Gasteiger partial charge in [-0.1, -0.05) is 31.0 Å². The number of halogens is 1. The van der Waals surface area contributed by atoms with Crippen LogP contribution in [-0.2, 0) is 14.9 Å². The van der Waals surface area contributed by atoms with Crippen molar-refractivity contribution in [3.8, 4) is 0 Å². The van der Waals surface area contributed by atoms with Crippen LogP contribution in [0.4, 0.5) is 9.18 Å². The van der Waals surface area contributed by atoms with Gasteiger partial charge in [0.1, 0.15) is 19.0 Å². The minimum atomic E-state index is -0.454. The van der Waals surface area contributed by atoms with Crippen molar-refractivity contribution in [2.75, 3.05) is 26.2 Å². The third kappa shape index (κ3) is 3.30. The van der Waals surface area contributed by atoms with Crippen LogP contribution in [0.25, 0.3) is 0 Å². The molecule has 2 fully saturated rings. The van der Waals surface area contributed by atoms with Gasteiger partial charge in [0.05, 0.1) is 6.54 Å². The molecule has 1 saturated heterocycles. The SMILES string of the molecule is O=C(CN1CCOC1=O)NCC1(c2ccccc2F)CCCC1. The van der Waals surface area contributed by atoms with Crippen LogP contribution in [0.3, 0.4) is 0 Å². The molecule has 6 heteroatoms. The highest BCUT2D eigenvalue weighted by atomic mass is 19.1. The fourth-order valence-corrected chi connectivity index (χ4v) is 3.55. The minimum Gasteiger partial charge on any atom is -0.448 e. The lowest BCUT2D eigenvalue weighted by atomic mass is 9.78. The lowest BCUT2D eigenvalue weighted by Crippen LogP contribution is -2.44. The topological polar surface area (TPSA) is 58.6 Å². The monoisotopic (exact) mass is 320 g/mol. The van der Waals surface area contributed by atoms with Gasteiger partial charge < -0.3 is 10.1 Å². The molecule has 23 heavy (non-hydrogen) atoms. The number of carbonyl (C=O) groups excluding carboxylic acids is 2. The van der Waals surface area contributed by atoms with Crippen LogP contribution < -0.4 is 5.32 Å². The second-order valence-corrected chi connectivity index (χ2v) is 6.28. The smallest absolute Gasteiger partial charge is 0.410 e. The molecule has 2 aliphatic rings. The summed E-state index contributed by atoms with van der Waals surface area (Å²) in [5, 5.41) is 2.88. The molecular formula is C17H21FN2O3. The molecule has 0 unspecified atom stereocenters. The van der Waals surface area contributed by atoms with Crippen LogP contribution >= 0.6 is 0 Å². The van der Waals surface area contributed by atoms with Crippen LogP contribution in [0.2, 0.25) is 0 Å². The summed E-state index contributed by atoms with van der Waals surface area (Å²) in [5.41, 5.74) is 0.338. The van der Waals surface area contributed by atoms with Gasteiger partial charge in [0.15, 0.2) is 0 Å². The van der Waals surface area contributed by atoms with Crippen molar-refractivity contribution in [1.82, 2.24) is 10.2 Å². The number of carbonyl (C=O) groups is 2. The average Bonchev–Trinajstić information content (AvgIpc) is 3.17. The first-order valence-electron chi connectivity index (χ1n) is 8.04. The quantitative estimate of drug-likeness (QED) is 0.905. The summed E-state index contributed by atoms with van der Waals surface area (Å²) in [7, 11) is 0. The molecule has 0 radical (unpaired) electrons. The summed E-state index contributed by atoms with van der Waals surface area (Å²) in [5.74, 6) is -0.446. The maximum atomic E-state index is 14.2. The zero-order valence-electron chi connectivity index (χ0n) is 13.0. The fraction of sp³-hybridized carbons (Fsp3) is 0.529. The molecule has 1 aromatic carbocycles. The Morgan fingerprint density at radius 3 is 2.70 bits per heavy atom. The molecule has 3 rings (SSSR count). The van der Waals surface area contributed by atoms with Gasteiger partial charge >= 0.3 is 6.09 Å². The number of rotatable bonds is 5. The number of nitrogens with zero attached hydrogens (tertiary/aromatic N) is 1. The maximum Gasteiger partial charge on any atom is 0.410 e. The van der Waals surface area contributed by atoms with Crippen molar-refractivity contribution in [2.45, 2.75) is 31.1 Å². The second kappa shape index (κ2) is 6.56. The molecule has 0 atom stereocenters. The molecule has 1 N–H and O–H groups in total. The Labute approximate surface area is 134 Å². The number of cyclic esters (lactones) is 1. The van der Waals surface area contributed by atoms with Crippen molar-refractivity contribution in [3.05, 3.63) is 35.6 Å². The molecule has 1 heterocycles. The predicted molar refractivity (Wildman–Crippen MR) is 82.5 cm³/mol. The normalized spacial score (nSPS) is 19.7. The predicted octanol–water partition coefficient (Wildman–Crippen LogP) is 2.21. The average molecular weight is 320 g/mol. The molecule has 1 aliphatic heterocycles. The maximum absolute atomic E-state index is 14.2. The number of amides is 2. The third-order valence-corrected chi connectivity index (χ3v) is 4.81. The highest BCUT2D eigenvalue weighted by Crippen LogP contribution is 2.41. The van der Waals surface area contributed by atoms with Gasteiger partial charge in [-0.25, -0.2) is 9.18 Å². The Morgan fingerprint density at radius 1 is 1.30 bits per heavy atom. The highest BCUT2D eigenvalue weighted by molar-refractivity contribution is 5.82. The van der Waals surface area contributed by atoms with Gasteiger partial charge in [0.25, 0.3) is 0 Å². The third-order valence-electron chi connectivity index (χ3n) is 4.81. The molecule has 5 nitrogen and oxygen atoms in total. The van der Waals surface area contributed by atoms with E-state index in [9.17, 15) is 14.0 Å². The first-order valence-corrected chi connectivity index (χ1v) is 8.04. The van der Waals surface area contributed by atoms with Crippen LogP contribution in [-0.4, -0.2) is 43.1 Å². The summed E-state index contributed by atoms with van der Waals surface area (Å²) in [6.45, 7) is 1.15. The van der Waals surface area contributed by atoms with Crippen LogP contribution in [0, 0.1) is 5.82 Å². The molecule has 1 aromatic rings. The zero-order valence-corrected chi connectivity index (χ0v) is 13.0. The zero-order chi connectivity index (χ0) is 16.3.